The lowest BCUT2D eigenvalue weighted by Gasteiger charge is -2.39. The number of ether oxygens (including phenoxy) is 1. The van der Waals surface area contributed by atoms with Crippen molar-refractivity contribution in [3.63, 3.8) is 0 Å². The van der Waals surface area contributed by atoms with Crippen LogP contribution in [0.2, 0.25) is 5.02 Å². The lowest BCUT2D eigenvalue weighted by atomic mass is 9.96. The van der Waals surface area contributed by atoms with Crippen LogP contribution in [0.5, 0.6) is 0 Å². The monoisotopic (exact) mass is 418 g/mol. The van der Waals surface area contributed by atoms with Gasteiger partial charge in [-0.1, -0.05) is 67.9 Å². The van der Waals surface area contributed by atoms with Gasteiger partial charge < -0.3 is 9.84 Å². The van der Waals surface area contributed by atoms with Crippen molar-refractivity contribution in [2.24, 2.45) is 0 Å². The molecule has 158 valence electrons. The Balaban J connectivity index is 0.00000145. The first kappa shape index (κ1) is 23.4. The van der Waals surface area contributed by atoms with E-state index in [2.05, 4.69) is 46.2 Å². The van der Waals surface area contributed by atoms with Gasteiger partial charge in [-0.15, -0.1) is 0 Å². The number of hydrogen-bond donors (Lipinski definition) is 1. The van der Waals surface area contributed by atoms with E-state index in [-0.39, 0.29) is 12.6 Å². The van der Waals surface area contributed by atoms with Gasteiger partial charge >= 0.3 is 5.97 Å². The summed E-state index contributed by atoms with van der Waals surface area (Å²) < 4.78 is 5.15. The summed E-state index contributed by atoms with van der Waals surface area (Å²) >= 11 is 6.08. The van der Waals surface area contributed by atoms with Crippen LogP contribution in [0.15, 0.2) is 54.6 Å². The van der Waals surface area contributed by atoms with E-state index < -0.39 is 5.97 Å². The van der Waals surface area contributed by atoms with Crippen molar-refractivity contribution in [1.29, 1.82) is 0 Å². The predicted molar refractivity (Wildman–Crippen MR) is 118 cm³/mol. The van der Waals surface area contributed by atoms with Gasteiger partial charge in [0.05, 0.1) is 12.6 Å². The fraction of sp³-hybridized carbons (Fsp3) is 0.435. The quantitative estimate of drug-likeness (QED) is 0.652. The first-order chi connectivity index (χ1) is 14.1. The van der Waals surface area contributed by atoms with Crippen LogP contribution >= 0.6 is 11.6 Å². The Labute approximate surface area is 178 Å². The standard InChI is InChI=1S/C21H25ClN2O3.C2H6/c22-19-8-6-18(7-9-19)21(17-4-2-1-3-5-17)24-12-10-23(11-13-24)14-15-27-16-20(25)26;1-2/h1-9,21H,10-16H2,(H,25,26);1-2H3. The Morgan fingerprint density at radius 3 is 2.17 bits per heavy atom. The number of benzene rings is 2. The zero-order chi connectivity index (χ0) is 21.1. The summed E-state index contributed by atoms with van der Waals surface area (Å²) in [6, 6.07) is 18.8. The molecular formula is C23H31ClN2O3. The van der Waals surface area contributed by atoms with Crippen LogP contribution < -0.4 is 0 Å². The van der Waals surface area contributed by atoms with E-state index in [0.717, 1.165) is 37.7 Å². The maximum Gasteiger partial charge on any atom is 0.329 e. The molecule has 5 nitrogen and oxygen atoms in total. The third-order valence-electron chi connectivity index (χ3n) is 4.85. The number of nitrogens with zero attached hydrogens (tertiary/aromatic N) is 2. The zero-order valence-electron chi connectivity index (χ0n) is 17.3. The molecule has 1 aliphatic heterocycles. The van der Waals surface area contributed by atoms with E-state index in [9.17, 15) is 4.79 Å². The Hall–Kier alpha value is -1.92. The number of carboxylic acid groups (broad SMARTS) is 1. The predicted octanol–water partition coefficient (Wildman–Crippen LogP) is 4.17. The number of carbonyl (C=O) groups is 1. The summed E-state index contributed by atoms with van der Waals surface area (Å²) in [6.45, 7) is 8.75. The van der Waals surface area contributed by atoms with Crippen molar-refractivity contribution in [2.45, 2.75) is 19.9 Å². The lowest BCUT2D eigenvalue weighted by molar-refractivity contribution is -0.142. The summed E-state index contributed by atoms with van der Waals surface area (Å²) in [5, 5.41) is 9.37. The van der Waals surface area contributed by atoms with E-state index in [1.165, 1.54) is 11.1 Å². The summed E-state index contributed by atoms with van der Waals surface area (Å²) in [6.07, 6.45) is 0. The summed E-state index contributed by atoms with van der Waals surface area (Å²) in [7, 11) is 0. The van der Waals surface area contributed by atoms with Gasteiger partial charge in [-0.25, -0.2) is 4.79 Å². The molecule has 0 spiro atoms. The molecule has 1 saturated heterocycles. The molecule has 0 aromatic heterocycles. The molecule has 3 rings (SSSR count). The van der Waals surface area contributed by atoms with Crippen molar-refractivity contribution in [3.05, 3.63) is 70.7 Å². The van der Waals surface area contributed by atoms with E-state index in [4.69, 9.17) is 21.4 Å². The molecule has 1 aliphatic rings. The van der Waals surface area contributed by atoms with Crippen LogP contribution in [0.25, 0.3) is 0 Å². The molecule has 0 aliphatic carbocycles. The second-order valence-electron chi connectivity index (χ2n) is 6.69. The Bertz CT molecular complexity index is 717. The molecule has 1 atom stereocenters. The number of halogens is 1. The van der Waals surface area contributed by atoms with Crippen LogP contribution in [0, 0.1) is 0 Å². The summed E-state index contributed by atoms with van der Waals surface area (Å²) in [5.74, 6) is -0.923. The van der Waals surface area contributed by atoms with E-state index in [1.54, 1.807) is 0 Å². The zero-order valence-corrected chi connectivity index (χ0v) is 18.0. The molecule has 29 heavy (non-hydrogen) atoms. The van der Waals surface area contributed by atoms with Crippen molar-refractivity contribution in [1.82, 2.24) is 9.80 Å². The van der Waals surface area contributed by atoms with Gasteiger partial charge in [-0.2, -0.15) is 0 Å². The third kappa shape index (κ3) is 7.44. The largest absolute Gasteiger partial charge is 0.480 e. The van der Waals surface area contributed by atoms with Gasteiger partial charge in [0, 0.05) is 37.7 Å². The Morgan fingerprint density at radius 2 is 1.59 bits per heavy atom. The maximum atomic E-state index is 10.5. The lowest BCUT2D eigenvalue weighted by Crippen LogP contribution is -2.48. The molecule has 0 amide bonds. The minimum atomic E-state index is -0.923. The van der Waals surface area contributed by atoms with Gasteiger partial charge in [0.15, 0.2) is 0 Å². The van der Waals surface area contributed by atoms with E-state index in [1.807, 2.05) is 32.0 Å². The number of hydrogen-bond acceptors (Lipinski definition) is 4. The van der Waals surface area contributed by atoms with Crippen molar-refractivity contribution < 1.29 is 14.6 Å². The maximum absolute atomic E-state index is 10.5. The molecule has 6 heteroatoms. The minimum absolute atomic E-state index is 0.203. The smallest absolute Gasteiger partial charge is 0.329 e. The topological polar surface area (TPSA) is 53.0 Å². The minimum Gasteiger partial charge on any atom is -0.480 e. The van der Waals surface area contributed by atoms with Gasteiger partial charge in [0.25, 0.3) is 0 Å². The molecule has 0 radical (unpaired) electrons. The Kier molecular flexibility index (Phi) is 10.2. The van der Waals surface area contributed by atoms with Gasteiger partial charge in [-0.3, -0.25) is 9.80 Å². The SMILES string of the molecule is CC.O=C(O)COCCN1CCN(C(c2ccccc2)c2ccc(Cl)cc2)CC1. The van der Waals surface area contributed by atoms with E-state index in [0.29, 0.717) is 6.61 Å². The molecule has 1 heterocycles. The van der Waals surface area contributed by atoms with Crippen LogP contribution in [0.4, 0.5) is 0 Å². The van der Waals surface area contributed by atoms with Gasteiger partial charge in [0.2, 0.25) is 0 Å². The number of rotatable bonds is 8. The van der Waals surface area contributed by atoms with Crippen LogP contribution in [-0.2, 0) is 9.53 Å². The summed E-state index contributed by atoms with van der Waals surface area (Å²) in [4.78, 5) is 15.3. The average Bonchev–Trinajstić information content (AvgIpc) is 2.76. The summed E-state index contributed by atoms with van der Waals surface area (Å²) in [5.41, 5.74) is 2.52. The highest BCUT2D eigenvalue weighted by Gasteiger charge is 2.26. The normalized spacial score (nSPS) is 16.0. The Morgan fingerprint density at radius 1 is 1.00 bits per heavy atom. The number of piperazine rings is 1. The fourth-order valence-electron chi connectivity index (χ4n) is 3.49. The van der Waals surface area contributed by atoms with Crippen LogP contribution in [-0.4, -0.2) is 66.8 Å². The highest BCUT2D eigenvalue weighted by Crippen LogP contribution is 2.30. The number of carboxylic acids is 1. The van der Waals surface area contributed by atoms with Gasteiger partial charge in [-0.05, 0) is 23.3 Å². The molecule has 2 aromatic rings. The second-order valence-corrected chi connectivity index (χ2v) is 7.13. The first-order valence-electron chi connectivity index (χ1n) is 10.2. The number of aliphatic carboxylic acids is 1. The first-order valence-corrected chi connectivity index (χ1v) is 10.6. The molecule has 1 unspecified atom stereocenters. The van der Waals surface area contributed by atoms with Crippen molar-refractivity contribution >= 4 is 17.6 Å². The van der Waals surface area contributed by atoms with Crippen LogP contribution in [0.1, 0.15) is 31.0 Å². The highest BCUT2D eigenvalue weighted by molar-refractivity contribution is 6.30. The van der Waals surface area contributed by atoms with Crippen LogP contribution in [0.3, 0.4) is 0 Å². The van der Waals surface area contributed by atoms with Gasteiger partial charge in [0.1, 0.15) is 6.61 Å². The third-order valence-corrected chi connectivity index (χ3v) is 5.10. The fourth-order valence-corrected chi connectivity index (χ4v) is 3.62. The average molecular weight is 419 g/mol. The highest BCUT2D eigenvalue weighted by atomic mass is 35.5. The molecule has 1 N–H and O–H groups in total. The molecule has 0 bridgehead atoms. The molecular weight excluding hydrogens is 388 g/mol. The molecule has 0 saturated carbocycles. The van der Waals surface area contributed by atoms with Crippen molar-refractivity contribution in [2.75, 3.05) is 45.9 Å². The molecule has 2 aromatic carbocycles. The van der Waals surface area contributed by atoms with E-state index >= 15 is 0 Å². The second kappa shape index (κ2) is 12.6. The molecule has 1 fully saturated rings. The van der Waals surface area contributed by atoms with Crippen molar-refractivity contribution in [3.8, 4) is 0 Å².